The van der Waals surface area contributed by atoms with E-state index in [4.69, 9.17) is 13.9 Å². The minimum absolute atomic E-state index is 0.0862. The summed E-state index contributed by atoms with van der Waals surface area (Å²) in [6.45, 7) is 12.6. The third-order valence-corrected chi connectivity index (χ3v) is 7.75. The summed E-state index contributed by atoms with van der Waals surface area (Å²) in [6, 6.07) is 2.42. The fraction of sp³-hybridized carbons (Fsp3) is 0.560. The maximum atomic E-state index is 13.3. The van der Waals surface area contributed by atoms with Gasteiger partial charge in [0.05, 0.1) is 0 Å². The zero-order valence-electron chi connectivity index (χ0n) is 20.7. The first kappa shape index (κ1) is 28.4. The molecule has 1 N–H and O–H groups in total. The van der Waals surface area contributed by atoms with Crippen molar-refractivity contribution in [2.75, 3.05) is 5.33 Å². The molecule has 1 aromatic heterocycles. The highest BCUT2D eigenvalue weighted by Crippen LogP contribution is 2.35. The number of amides is 1. The van der Waals surface area contributed by atoms with Crippen LogP contribution in [0.25, 0.3) is 11.0 Å². The van der Waals surface area contributed by atoms with E-state index in [1.807, 2.05) is 26.8 Å². The molecule has 1 amide bonds. The lowest BCUT2D eigenvalue weighted by Crippen LogP contribution is -2.48. The average Bonchev–Trinajstić information content (AvgIpc) is 2.73. The van der Waals surface area contributed by atoms with Gasteiger partial charge in [0.1, 0.15) is 23.0 Å². The van der Waals surface area contributed by atoms with Crippen molar-refractivity contribution in [3.63, 3.8) is 0 Å². The van der Waals surface area contributed by atoms with Crippen LogP contribution in [0.4, 0.5) is 4.79 Å². The Morgan fingerprint density at radius 1 is 1.21 bits per heavy atom. The van der Waals surface area contributed by atoms with Gasteiger partial charge in [0.25, 0.3) is 0 Å². The smallest absolute Gasteiger partial charge is 0.408 e. The molecular formula is C25H33Br2NO6. The van der Waals surface area contributed by atoms with Crippen molar-refractivity contribution in [1.29, 1.82) is 0 Å². The standard InChI is InChI=1S/C25H33Br2NO6/c1-8-13(2)20(28-24(31)34-25(5,6)7)23(30)33-21-15(4)22-18(14(3)9-19(29)32-22)11-16(21)10-17(27)12-26/h9,11,13,17,20H,8,10,12H2,1-7H3,(H,28,31)/t13-,17?,20+/m0/s1. The van der Waals surface area contributed by atoms with E-state index >= 15 is 0 Å². The second-order valence-corrected chi connectivity index (χ2v) is 11.4. The van der Waals surface area contributed by atoms with Crippen molar-refractivity contribution >= 4 is 54.9 Å². The lowest BCUT2D eigenvalue weighted by molar-refractivity contribution is -0.138. The normalized spacial score (nSPS) is 14.4. The number of halogens is 2. The SMILES string of the molecule is CC[C@H](C)[C@@H](NC(=O)OC(C)(C)C)C(=O)Oc1c(CC(Br)CBr)cc2c(C)cc(=O)oc2c1C. The molecule has 0 bridgehead atoms. The average molecular weight is 603 g/mol. The van der Waals surface area contributed by atoms with Crippen LogP contribution in [-0.2, 0) is 16.0 Å². The molecule has 0 spiro atoms. The van der Waals surface area contributed by atoms with Gasteiger partial charge in [-0.05, 0) is 64.2 Å². The molecule has 1 unspecified atom stereocenters. The summed E-state index contributed by atoms with van der Waals surface area (Å²) >= 11 is 7.09. The number of benzene rings is 1. The molecule has 2 rings (SSSR count). The van der Waals surface area contributed by atoms with Gasteiger partial charge in [-0.1, -0.05) is 52.1 Å². The molecule has 0 saturated carbocycles. The van der Waals surface area contributed by atoms with E-state index in [0.29, 0.717) is 35.1 Å². The monoisotopic (exact) mass is 601 g/mol. The van der Waals surface area contributed by atoms with Crippen LogP contribution in [0.3, 0.4) is 0 Å². The van der Waals surface area contributed by atoms with E-state index in [1.165, 1.54) is 6.07 Å². The van der Waals surface area contributed by atoms with E-state index in [0.717, 1.165) is 16.5 Å². The molecule has 2 aromatic rings. The fourth-order valence-electron chi connectivity index (χ4n) is 3.51. The van der Waals surface area contributed by atoms with Crippen LogP contribution in [0.2, 0.25) is 0 Å². The fourth-order valence-corrected chi connectivity index (χ4v) is 4.09. The second kappa shape index (κ2) is 11.7. The van der Waals surface area contributed by atoms with Crippen molar-refractivity contribution in [1.82, 2.24) is 5.32 Å². The first-order chi connectivity index (χ1) is 15.8. The van der Waals surface area contributed by atoms with Crippen molar-refractivity contribution in [2.24, 2.45) is 5.92 Å². The van der Waals surface area contributed by atoms with Crippen LogP contribution >= 0.6 is 31.9 Å². The zero-order valence-corrected chi connectivity index (χ0v) is 23.9. The summed E-state index contributed by atoms with van der Waals surface area (Å²) in [4.78, 5) is 37.9. The Morgan fingerprint density at radius 2 is 1.85 bits per heavy atom. The first-order valence-corrected chi connectivity index (χ1v) is 13.3. The number of hydrogen-bond donors (Lipinski definition) is 1. The number of alkyl halides is 2. The highest BCUT2D eigenvalue weighted by Gasteiger charge is 2.31. The highest BCUT2D eigenvalue weighted by atomic mass is 79.9. The lowest BCUT2D eigenvalue weighted by atomic mass is 9.98. The van der Waals surface area contributed by atoms with E-state index in [-0.39, 0.29) is 10.7 Å². The van der Waals surface area contributed by atoms with Gasteiger partial charge in [0.15, 0.2) is 0 Å². The van der Waals surface area contributed by atoms with Gasteiger partial charge in [-0.3, -0.25) is 0 Å². The quantitative estimate of drug-likeness (QED) is 0.173. The van der Waals surface area contributed by atoms with Gasteiger partial charge in [0.2, 0.25) is 0 Å². The molecule has 3 atom stereocenters. The maximum absolute atomic E-state index is 13.3. The van der Waals surface area contributed by atoms with E-state index in [9.17, 15) is 14.4 Å². The predicted octanol–water partition coefficient (Wildman–Crippen LogP) is 5.96. The summed E-state index contributed by atoms with van der Waals surface area (Å²) in [5.74, 6) is -0.476. The molecule has 0 aliphatic heterocycles. The number of carbonyl (C=O) groups excluding carboxylic acids is 2. The molecule has 34 heavy (non-hydrogen) atoms. The van der Waals surface area contributed by atoms with E-state index < -0.39 is 29.3 Å². The van der Waals surface area contributed by atoms with Crippen LogP contribution < -0.4 is 15.7 Å². The largest absolute Gasteiger partial charge is 0.444 e. The van der Waals surface area contributed by atoms with Gasteiger partial charge in [-0.15, -0.1) is 0 Å². The third-order valence-electron chi connectivity index (χ3n) is 5.45. The minimum Gasteiger partial charge on any atom is -0.444 e. The number of rotatable bonds is 8. The number of nitrogens with one attached hydrogen (secondary N) is 1. The summed E-state index contributed by atoms with van der Waals surface area (Å²) in [6.07, 6.45) is 0.517. The molecule has 0 aliphatic carbocycles. The van der Waals surface area contributed by atoms with Gasteiger partial charge in [-0.25, -0.2) is 14.4 Å². The molecule has 0 aliphatic rings. The maximum Gasteiger partial charge on any atom is 0.408 e. The van der Waals surface area contributed by atoms with Crippen LogP contribution in [0.1, 0.15) is 57.7 Å². The highest BCUT2D eigenvalue weighted by molar-refractivity contribution is 9.12. The van der Waals surface area contributed by atoms with Crippen molar-refractivity contribution in [3.8, 4) is 5.75 Å². The Morgan fingerprint density at radius 3 is 2.41 bits per heavy atom. The summed E-state index contributed by atoms with van der Waals surface area (Å²) < 4.78 is 16.7. The van der Waals surface area contributed by atoms with Gasteiger partial charge in [-0.2, -0.15) is 0 Å². The molecular weight excluding hydrogens is 570 g/mol. The molecule has 0 fully saturated rings. The summed E-state index contributed by atoms with van der Waals surface area (Å²) in [5, 5.41) is 4.14. The van der Waals surface area contributed by atoms with Crippen molar-refractivity contribution in [2.45, 2.75) is 77.8 Å². The van der Waals surface area contributed by atoms with Gasteiger partial charge in [0, 0.05) is 27.2 Å². The van der Waals surface area contributed by atoms with Gasteiger partial charge < -0.3 is 19.2 Å². The Hall–Kier alpha value is -1.87. The van der Waals surface area contributed by atoms with Crippen LogP contribution in [0, 0.1) is 19.8 Å². The molecule has 1 aromatic carbocycles. The van der Waals surface area contributed by atoms with Crippen LogP contribution in [0.5, 0.6) is 5.75 Å². The first-order valence-electron chi connectivity index (χ1n) is 11.3. The molecule has 0 saturated heterocycles. The Balaban J connectivity index is 2.52. The van der Waals surface area contributed by atoms with Gasteiger partial charge >= 0.3 is 17.7 Å². The Kier molecular flexibility index (Phi) is 9.77. The third kappa shape index (κ3) is 7.31. The number of carbonyl (C=O) groups is 2. The van der Waals surface area contributed by atoms with E-state index in [2.05, 4.69) is 37.2 Å². The topological polar surface area (TPSA) is 94.8 Å². The zero-order chi connectivity index (χ0) is 25.8. The lowest BCUT2D eigenvalue weighted by Gasteiger charge is -2.26. The number of alkyl carbamates (subject to hydrolysis) is 1. The van der Waals surface area contributed by atoms with Crippen molar-refractivity contribution in [3.05, 3.63) is 39.2 Å². The molecule has 9 heteroatoms. The number of hydrogen-bond acceptors (Lipinski definition) is 6. The molecule has 1 heterocycles. The van der Waals surface area contributed by atoms with E-state index in [1.54, 1.807) is 27.7 Å². The Bertz CT molecular complexity index is 1110. The number of fused-ring (bicyclic) bond motifs is 1. The molecule has 7 nitrogen and oxygen atoms in total. The summed E-state index contributed by atoms with van der Waals surface area (Å²) in [7, 11) is 0. The minimum atomic E-state index is -0.914. The summed E-state index contributed by atoms with van der Waals surface area (Å²) in [5.41, 5.74) is 1.32. The second-order valence-electron chi connectivity index (χ2n) is 9.50. The molecule has 188 valence electrons. The molecule has 0 radical (unpaired) electrons. The Labute approximate surface area is 217 Å². The van der Waals surface area contributed by atoms with Crippen LogP contribution in [-0.4, -0.2) is 33.9 Å². The number of aryl methyl sites for hydroxylation is 2. The predicted molar refractivity (Wildman–Crippen MR) is 140 cm³/mol. The number of ether oxygens (including phenoxy) is 2. The number of esters is 1. The van der Waals surface area contributed by atoms with Crippen LogP contribution in [0.15, 0.2) is 21.3 Å². The van der Waals surface area contributed by atoms with Crippen molar-refractivity contribution < 1.29 is 23.5 Å².